The van der Waals surface area contributed by atoms with E-state index in [1.54, 1.807) is 0 Å². The van der Waals surface area contributed by atoms with Crippen LogP contribution in [0.3, 0.4) is 0 Å². The van der Waals surface area contributed by atoms with Crippen molar-refractivity contribution in [2.45, 2.75) is 71.6 Å². The van der Waals surface area contributed by atoms with E-state index in [0.29, 0.717) is 24.5 Å². The SMILES string of the molecule is CC(C)[C@H]1CC[C@@H](C)C[C@@H]1OC[C@H](O)C[N+]1(Cc2ccccc2)CCCC1. The first-order valence-electron chi connectivity index (χ1n) is 11.2. The lowest BCUT2D eigenvalue weighted by Gasteiger charge is -2.39. The molecule has 1 heterocycles. The molecule has 0 amide bonds. The summed E-state index contributed by atoms with van der Waals surface area (Å²) in [6.45, 7) is 11.7. The Labute approximate surface area is 166 Å². The zero-order valence-electron chi connectivity index (χ0n) is 17.6. The van der Waals surface area contributed by atoms with Crippen molar-refractivity contribution in [1.82, 2.24) is 0 Å². The number of likely N-dealkylation sites (tertiary alicyclic amines) is 1. The number of hydrogen-bond acceptors (Lipinski definition) is 2. The normalized spacial score (nSPS) is 29.1. The predicted octanol–water partition coefficient (Wildman–Crippen LogP) is 4.64. The minimum atomic E-state index is -0.364. The maximum atomic E-state index is 10.8. The Balaban J connectivity index is 1.55. The molecular formula is C24H40NO2+. The van der Waals surface area contributed by atoms with Crippen LogP contribution in [0.15, 0.2) is 30.3 Å². The quantitative estimate of drug-likeness (QED) is 0.672. The summed E-state index contributed by atoms with van der Waals surface area (Å²) in [6.07, 6.45) is 6.25. The van der Waals surface area contributed by atoms with E-state index in [1.165, 1.54) is 44.3 Å². The van der Waals surface area contributed by atoms with Gasteiger partial charge in [-0.2, -0.15) is 0 Å². The minimum absolute atomic E-state index is 0.324. The van der Waals surface area contributed by atoms with E-state index in [0.717, 1.165) is 29.9 Å². The van der Waals surface area contributed by atoms with Crippen molar-refractivity contribution in [3.63, 3.8) is 0 Å². The molecule has 0 radical (unpaired) electrons. The molecule has 1 aromatic carbocycles. The second-order valence-electron chi connectivity index (χ2n) is 9.67. The Bertz CT molecular complexity index is 553. The zero-order chi connectivity index (χ0) is 19.3. The van der Waals surface area contributed by atoms with Gasteiger partial charge in [0, 0.05) is 18.4 Å². The summed E-state index contributed by atoms with van der Waals surface area (Å²) in [5.74, 6) is 2.06. The number of nitrogens with zero attached hydrogens (tertiary/aromatic N) is 1. The summed E-state index contributed by atoms with van der Waals surface area (Å²) in [4.78, 5) is 0. The lowest BCUT2D eigenvalue weighted by molar-refractivity contribution is -0.932. The highest BCUT2D eigenvalue weighted by Crippen LogP contribution is 2.35. The average molecular weight is 375 g/mol. The summed E-state index contributed by atoms with van der Waals surface area (Å²) in [5.41, 5.74) is 1.38. The summed E-state index contributed by atoms with van der Waals surface area (Å²) >= 11 is 0. The molecule has 0 unspecified atom stereocenters. The molecule has 3 rings (SSSR count). The number of aliphatic hydroxyl groups is 1. The van der Waals surface area contributed by atoms with Crippen LogP contribution in [0.4, 0.5) is 0 Å². The Morgan fingerprint density at radius 1 is 1.11 bits per heavy atom. The first-order valence-corrected chi connectivity index (χ1v) is 11.2. The van der Waals surface area contributed by atoms with Crippen LogP contribution >= 0.6 is 0 Å². The third kappa shape index (κ3) is 5.79. The lowest BCUT2D eigenvalue weighted by atomic mass is 9.75. The summed E-state index contributed by atoms with van der Waals surface area (Å²) in [7, 11) is 0. The van der Waals surface area contributed by atoms with Gasteiger partial charge >= 0.3 is 0 Å². The predicted molar refractivity (Wildman–Crippen MR) is 111 cm³/mol. The number of rotatable bonds is 8. The van der Waals surface area contributed by atoms with Crippen LogP contribution in [-0.2, 0) is 11.3 Å². The molecule has 4 atom stereocenters. The second kappa shape index (κ2) is 9.54. The monoisotopic (exact) mass is 374 g/mol. The maximum absolute atomic E-state index is 10.8. The first kappa shape index (κ1) is 20.8. The second-order valence-corrected chi connectivity index (χ2v) is 9.67. The van der Waals surface area contributed by atoms with Crippen molar-refractivity contribution in [1.29, 1.82) is 0 Å². The van der Waals surface area contributed by atoms with Crippen LogP contribution < -0.4 is 0 Å². The molecule has 1 aliphatic heterocycles. The standard InChI is InChI=1S/C24H40NO2/c1-19(2)23-12-11-20(3)15-24(23)27-18-22(26)17-25(13-7-8-14-25)16-21-9-5-4-6-10-21/h4-6,9-10,19-20,22-24,26H,7-8,11-18H2,1-3H3/q+1/t20-,22-,23-,24+/m1/s1. The van der Waals surface area contributed by atoms with Crippen molar-refractivity contribution >= 4 is 0 Å². The third-order valence-corrected chi connectivity index (χ3v) is 6.94. The van der Waals surface area contributed by atoms with E-state index in [1.807, 2.05) is 0 Å². The molecule has 152 valence electrons. The molecule has 1 saturated carbocycles. The Morgan fingerprint density at radius 2 is 1.81 bits per heavy atom. The summed E-state index contributed by atoms with van der Waals surface area (Å²) < 4.78 is 7.35. The molecule has 3 nitrogen and oxygen atoms in total. The number of ether oxygens (including phenoxy) is 1. The molecule has 27 heavy (non-hydrogen) atoms. The van der Waals surface area contributed by atoms with E-state index in [4.69, 9.17) is 4.74 Å². The van der Waals surface area contributed by atoms with Gasteiger partial charge in [-0.25, -0.2) is 0 Å². The average Bonchev–Trinajstić information content (AvgIpc) is 3.08. The van der Waals surface area contributed by atoms with E-state index in [-0.39, 0.29) is 6.10 Å². The van der Waals surface area contributed by atoms with E-state index in [2.05, 4.69) is 51.1 Å². The topological polar surface area (TPSA) is 29.5 Å². The molecule has 3 heteroatoms. The third-order valence-electron chi connectivity index (χ3n) is 6.94. The molecule has 2 fully saturated rings. The number of aliphatic hydroxyl groups excluding tert-OH is 1. The maximum Gasteiger partial charge on any atom is 0.126 e. The largest absolute Gasteiger partial charge is 0.385 e. The number of hydrogen-bond donors (Lipinski definition) is 1. The number of quaternary nitrogens is 1. The molecule has 0 bridgehead atoms. The summed E-state index contributed by atoms with van der Waals surface area (Å²) in [5, 5.41) is 10.8. The van der Waals surface area contributed by atoms with Gasteiger partial charge in [-0.05, 0) is 30.6 Å². The molecule has 1 aliphatic carbocycles. The Morgan fingerprint density at radius 3 is 2.48 bits per heavy atom. The fourth-order valence-corrected chi connectivity index (χ4v) is 5.42. The van der Waals surface area contributed by atoms with Gasteiger partial charge in [0.15, 0.2) is 0 Å². The molecule has 1 saturated heterocycles. The Kier molecular flexibility index (Phi) is 7.35. The Hall–Kier alpha value is -0.900. The van der Waals surface area contributed by atoms with Gasteiger partial charge in [-0.1, -0.05) is 57.5 Å². The van der Waals surface area contributed by atoms with Gasteiger partial charge in [-0.15, -0.1) is 0 Å². The van der Waals surface area contributed by atoms with Gasteiger partial charge in [0.25, 0.3) is 0 Å². The zero-order valence-corrected chi connectivity index (χ0v) is 17.6. The molecule has 1 N–H and O–H groups in total. The van der Waals surface area contributed by atoms with Crippen LogP contribution in [0.5, 0.6) is 0 Å². The van der Waals surface area contributed by atoms with Crippen molar-refractivity contribution in [2.75, 3.05) is 26.2 Å². The highest BCUT2D eigenvalue weighted by Gasteiger charge is 2.36. The van der Waals surface area contributed by atoms with Gasteiger partial charge in [0.05, 0.1) is 25.8 Å². The molecule has 0 spiro atoms. The van der Waals surface area contributed by atoms with Crippen molar-refractivity contribution in [2.24, 2.45) is 17.8 Å². The van der Waals surface area contributed by atoms with Gasteiger partial charge in [0.2, 0.25) is 0 Å². The highest BCUT2D eigenvalue weighted by molar-refractivity contribution is 5.13. The minimum Gasteiger partial charge on any atom is -0.385 e. The first-order chi connectivity index (χ1) is 13.0. The van der Waals surface area contributed by atoms with Crippen molar-refractivity contribution in [3.8, 4) is 0 Å². The fraction of sp³-hybridized carbons (Fsp3) is 0.750. The lowest BCUT2D eigenvalue weighted by Crippen LogP contribution is -2.50. The fourth-order valence-electron chi connectivity index (χ4n) is 5.42. The van der Waals surface area contributed by atoms with Gasteiger partial charge in [0.1, 0.15) is 19.2 Å². The van der Waals surface area contributed by atoms with E-state index in [9.17, 15) is 5.11 Å². The van der Waals surface area contributed by atoms with Crippen LogP contribution in [0.1, 0.15) is 58.4 Å². The smallest absolute Gasteiger partial charge is 0.126 e. The van der Waals surface area contributed by atoms with E-state index >= 15 is 0 Å². The van der Waals surface area contributed by atoms with Crippen LogP contribution in [0, 0.1) is 17.8 Å². The van der Waals surface area contributed by atoms with Crippen LogP contribution in [0.2, 0.25) is 0 Å². The number of benzene rings is 1. The highest BCUT2D eigenvalue weighted by atomic mass is 16.5. The van der Waals surface area contributed by atoms with Crippen LogP contribution in [-0.4, -0.2) is 48.0 Å². The molecular weight excluding hydrogens is 334 g/mol. The molecule has 0 aromatic heterocycles. The van der Waals surface area contributed by atoms with Gasteiger partial charge in [-0.3, -0.25) is 0 Å². The van der Waals surface area contributed by atoms with Crippen molar-refractivity contribution in [3.05, 3.63) is 35.9 Å². The van der Waals surface area contributed by atoms with Crippen molar-refractivity contribution < 1.29 is 14.3 Å². The molecule has 2 aliphatic rings. The van der Waals surface area contributed by atoms with E-state index < -0.39 is 0 Å². The van der Waals surface area contributed by atoms with Crippen LogP contribution in [0.25, 0.3) is 0 Å². The van der Waals surface area contributed by atoms with Gasteiger partial charge < -0.3 is 14.3 Å². The molecule has 1 aromatic rings. The summed E-state index contributed by atoms with van der Waals surface area (Å²) in [6, 6.07) is 10.8.